The number of fused-ring (bicyclic) bond motifs is 1. The quantitative estimate of drug-likeness (QED) is 0.776. The Morgan fingerprint density at radius 3 is 2.85 bits per heavy atom. The fourth-order valence-electron chi connectivity index (χ4n) is 2.41. The number of pyridine rings is 1. The van der Waals surface area contributed by atoms with Gasteiger partial charge in [-0.25, -0.2) is 0 Å². The van der Waals surface area contributed by atoms with Crippen LogP contribution in [0.3, 0.4) is 0 Å². The Hall–Kier alpha value is -1.90. The molecule has 0 aliphatic carbocycles. The van der Waals surface area contributed by atoms with Crippen molar-refractivity contribution in [3.63, 3.8) is 0 Å². The highest BCUT2D eigenvalue weighted by Gasteiger charge is 2.06. The summed E-state index contributed by atoms with van der Waals surface area (Å²) < 4.78 is 0. The van der Waals surface area contributed by atoms with Crippen molar-refractivity contribution in [2.45, 2.75) is 6.54 Å². The van der Waals surface area contributed by atoms with E-state index in [-0.39, 0.29) is 0 Å². The van der Waals surface area contributed by atoms with Gasteiger partial charge in [0.2, 0.25) is 0 Å². The monoisotopic (exact) mass is 282 g/mol. The zero-order chi connectivity index (χ0) is 13.9. The summed E-state index contributed by atoms with van der Waals surface area (Å²) in [5.41, 5.74) is 4.57. The van der Waals surface area contributed by atoms with Crippen LogP contribution in [0.2, 0.25) is 5.02 Å². The Labute approximate surface area is 123 Å². The fraction of sp³-hybridized carbons (Fsp3) is 0.118. The van der Waals surface area contributed by atoms with Crippen molar-refractivity contribution in [1.82, 2.24) is 10.3 Å². The predicted octanol–water partition coefficient (Wildman–Crippen LogP) is 4.27. The van der Waals surface area contributed by atoms with Gasteiger partial charge < -0.3 is 5.32 Å². The maximum absolute atomic E-state index is 6.15. The van der Waals surface area contributed by atoms with Crippen LogP contribution in [0.25, 0.3) is 22.0 Å². The summed E-state index contributed by atoms with van der Waals surface area (Å²) in [5, 5.41) is 5.09. The predicted molar refractivity (Wildman–Crippen MR) is 85.0 cm³/mol. The number of hydrogen-bond acceptors (Lipinski definition) is 2. The van der Waals surface area contributed by atoms with Crippen LogP contribution in [0.1, 0.15) is 5.56 Å². The normalized spacial score (nSPS) is 10.9. The molecule has 0 fully saturated rings. The van der Waals surface area contributed by atoms with Crippen LogP contribution in [0.5, 0.6) is 0 Å². The molecule has 0 aliphatic heterocycles. The standard InChI is InChI=1S/C17H15ClN2/c1-19-11-14-4-6-15(18)10-16(14)12-5-7-17-13(9-12)3-2-8-20-17/h2-10,19H,11H2,1H3. The lowest BCUT2D eigenvalue weighted by Crippen LogP contribution is -2.06. The molecule has 0 amide bonds. The molecule has 0 aliphatic rings. The molecule has 1 aromatic heterocycles. The zero-order valence-electron chi connectivity index (χ0n) is 11.2. The summed E-state index contributed by atoms with van der Waals surface area (Å²) in [6.07, 6.45) is 1.81. The van der Waals surface area contributed by atoms with Crippen LogP contribution in [0, 0.1) is 0 Å². The molecule has 0 saturated carbocycles. The highest BCUT2D eigenvalue weighted by atomic mass is 35.5. The first kappa shape index (κ1) is 13.1. The Bertz CT molecular complexity index is 753. The topological polar surface area (TPSA) is 24.9 Å². The van der Waals surface area contributed by atoms with E-state index in [1.807, 2.05) is 31.4 Å². The maximum Gasteiger partial charge on any atom is 0.0702 e. The van der Waals surface area contributed by atoms with Gasteiger partial charge in [-0.1, -0.05) is 29.8 Å². The van der Waals surface area contributed by atoms with E-state index in [9.17, 15) is 0 Å². The van der Waals surface area contributed by atoms with E-state index in [2.05, 4.69) is 40.6 Å². The molecule has 1 N–H and O–H groups in total. The number of halogens is 1. The van der Waals surface area contributed by atoms with Gasteiger partial charge >= 0.3 is 0 Å². The Morgan fingerprint density at radius 1 is 1.10 bits per heavy atom. The van der Waals surface area contributed by atoms with Gasteiger partial charge in [-0.3, -0.25) is 4.98 Å². The molecule has 0 saturated heterocycles. The SMILES string of the molecule is CNCc1ccc(Cl)cc1-c1ccc2ncccc2c1. The summed E-state index contributed by atoms with van der Waals surface area (Å²) >= 11 is 6.15. The van der Waals surface area contributed by atoms with Crippen LogP contribution >= 0.6 is 11.6 Å². The van der Waals surface area contributed by atoms with Crippen molar-refractivity contribution < 1.29 is 0 Å². The Balaban J connectivity index is 2.16. The lowest BCUT2D eigenvalue weighted by Gasteiger charge is -2.11. The molecule has 0 unspecified atom stereocenters. The van der Waals surface area contributed by atoms with E-state index in [1.54, 1.807) is 0 Å². The summed E-state index contributed by atoms with van der Waals surface area (Å²) in [6, 6.07) is 16.4. The molecule has 0 spiro atoms. The van der Waals surface area contributed by atoms with Crippen molar-refractivity contribution in [2.24, 2.45) is 0 Å². The van der Waals surface area contributed by atoms with Crippen molar-refractivity contribution in [2.75, 3.05) is 7.05 Å². The third-order valence-electron chi connectivity index (χ3n) is 3.35. The Morgan fingerprint density at radius 2 is 2.00 bits per heavy atom. The van der Waals surface area contributed by atoms with Crippen molar-refractivity contribution in [1.29, 1.82) is 0 Å². The average Bonchev–Trinajstić information content (AvgIpc) is 2.49. The van der Waals surface area contributed by atoms with E-state index in [4.69, 9.17) is 11.6 Å². The second kappa shape index (κ2) is 5.61. The van der Waals surface area contributed by atoms with Gasteiger partial charge in [0.15, 0.2) is 0 Å². The number of nitrogens with one attached hydrogen (secondary N) is 1. The fourth-order valence-corrected chi connectivity index (χ4v) is 2.58. The molecular formula is C17H15ClN2. The van der Waals surface area contributed by atoms with Gasteiger partial charge in [-0.15, -0.1) is 0 Å². The second-order valence-corrected chi connectivity index (χ2v) is 5.18. The molecule has 0 atom stereocenters. The van der Waals surface area contributed by atoms with E-state index in [0.717, 1.165) is 28.0 Å². The van der Waals surface area contributed by atoms with Gasteiger partial charge in [0.1, 0.15) is 0 Å². The van der Waals surface area contributed by atoms with Crippen molar-refractivity contribution in [3.05, 3.63) is 65.3 Å². The minimum Gasteiger partial charge on any atom is -0.316 e. The van der Waals surface area contributed by atoms with Gasteiger partial charge in [-0.2, -0.15) is 0 Å². The first-order valence-corrected chi connectivity index (χ1v) is 6.94. The minimum atomic E-state index is 0.756. The van der Waals surface area contributed by atoms with Gasteiger partial charge in [0, 0.05) is 23.2 Å². The van der Waals surface area contributed by atoms with E-state index < -0.39 is 0 Å². The molecule has 3 aromatic rings. The number of rotatable bonds is 3. The third kappa shape index (κ3) is 2.53. The molecule has 3 rings (SSSR count). The largest absolute Gasteiger partial charge is 0.316 e. The summed E-state index contributed by atoms with van der Waals surface area (Å²) in [6.45, 7) is 0.817. The minimum absolute atomic E-state index is 0.756. The molecular weight excluding hydrogens is 268 g/mol. The van der Waals surface area contributed by atoms with E-state index in [0.29, 0.717) is 0 Å². The van der Waals surface area contributed by atoms with Gasteiger partial charge in [-0.05, 0) is 54.1 Å². The van der Waals surface area contributed by atoms with Crippen LogP contribution in [-0.2, 0) is 6.54 Å². The molecule has 3 heteroatoms. The van der Waals surface area contributed by atoms with E-state index >= 15 is 0 Å². The van der Waals surface area contributed by atoms with Crippen LogP contribution in [0.4, 0.5) is 0 Å². The first-order valence-electron chi connectivity index (χ1n) is 6.56. The lowest BCUT2D eigenvalue weighted by molar-refractivity contribution is 0.819. The zero-order valence-corrected chi connectivity index (χ0v) is 12.0. The summed E-state index contributed by atoms with van der Waals surface area (Å²) in [7, 11) is 1.95. The molecule has 1 heterocycles. The molecule has 100 valence electrons. The third-order valence-corrected chi connectivity index (χ3v) is 3.59. The number of aromatic nitrogens is 1. The Kier molecular flexibility index (Phi) is 3.68. The molecule has 2 aromatic carbocycles. The maximum atomic E-state index is 6.15. The number of benzene rings is 2. The molecule has 0 bridgehead atoms. The number of hydrogen-bond donors (Lipinski definition) is 1. The average molecular weight is 283 g/mol. The lowest BCUT2D eigenvalue weighted by atomic mass is 9.98. The highest BCUT2D eigenvalue weighted by Crippen LogP contribution is 2.29. The molecule has 20 heavy (non-hydrogen) atoms. The van der Waals surface area contributed by atoms with E-state index in [1.165, 1.54) is 11.1 Å². The second-order valence-electron chi connectivity index (χ2n) is 4.74. The van der Waals surface area contributed by atoms with Crippen LogP contribution in [0.15, 0.2) is 54.7 Å². The summed E-state index contributed by atoms with van der Waals surface area (Å²) in [5.74, 6) is 0. The van der Waals surface area contributed by atoms with Crippen LogP contribution in [-0.4, -0.2) is 12.0 Å². The molecule has 0 radical (unpaired) electrons. The molecule has 2 nitrogen and oxygen atoms in total. The number of nitrogens with zero attached hydrogens (tertiary/aromatic N) is 1. The van der Waals surface area contributed by atoms with Crippen molar-refractivity contribution >= 4 is 22.5 Å². The first-order chi connectivity index (χ1) is 9.78. The highest BCUT2D eigenvalue weighted by molar-refractivity contribution is 6.30. The van der Waals surface area contributed by atoms with Crippen molar-refractivity contribution in [3.8, 4) is 11.1 Å². The van der Waals surface area contributed by atoms with Crippen LogP contribution < -0.4 is 5.32 Å². The smallest absolute Gasteiger partial charge is 0.0702 e. The van der Waals surface area contributed by atoms with Gasteiger partial charge in [0.25, 0.3) is 0 Å². The van der Waals surface area contributed by atoms with Gasteiger partial charge in [0.05, 0.1) is 5.52 Å². The summed E-state index contributed by atoms with van der Waals surface area (Å²) in [4.78, 5) is 4.35.